The second-order valence-electron chi connectivity index (χ2n) is 5.15. The van der Waals surface area contributed by atoms with Gasteiger partial charge in [0.15, 0.2) is 0 Å². The summed E-state index contributed by atoms with van der Waals surface area (Å²) < 4.78 is 18.6. The van der Waals surface area contributed by atoms with Crippen LogP contribution in [0.4, 0.5) is 10.1 Å². The molecule has 0 bridgehead atoms. The number of hydrogen-bond acceptors (Lipinski definition) is 4. The quantitative estimate of drug-likeness (QED) is 0.379. The first-order valence-electron chi connectivity index (χ1n) is 7.30. The number of hydrogen-bond donors (Lipinski definition) is 0. The van der Waals surface area contributed by atoms with Crippen molar-refractivity contribution in [3.63, 3.8) is 0 Å². The van der Waals surface area contributed by atoms with Crippen molar-refractivity contribution >= 4 is 17.3 Å². The first kappa shape index (κ1) is 16.1. The van der Waals surface area contributed by atoms with Gasteiger partial charge in [0.1, 0.15) is 17.3 Å². The van der Waals surface area contributed by atoms with E-state index in [0.717, 1.165) is 0 Å². The van der Waals surface area contributed by atoms with Crippen LogP contribution in [0.5, 0.6) is 0 Å². The lowest BCUT2D eigenvalue weighted by Crippen LogP contribution is -1.90. The Kier molecular flexibility index (Phi) is 4.40. The maximum absolute atomic E-state index is 13.0. The molecule has 6 heteroatoms. The fourth-order valence-corrected chi connectivity index (χ4v) is 2.37. The summed E-state index contributed by atoms with van der Waals surface area (Å²) in [5, 5.41) is 20.4. The molecular weight excluding hydrogens is 323 g/mol. The predicted molar refractivity (Wildman–Crippen MR) is 90.7 cm³/mol. The molecule has 1 heterocycles. The van der Waals surface area contributed by atoms with Crippen LogP contribution >= 0.6 is 0 Å². The molecule has 0 aliphatic heterocycles. The van der Waals surface area contributed by atoms with Gasteiger partial charge in [0.05, 0.1) is 22.1 Å². The normalized spacial score (nSPS) is 11.1. The van der Waals surface area contributed by atoms with Gasteiger partial charge in [-0.3, -0.25) is 10.1 Å². The highest BCUT2D eigenvalue weighted by Gasteiger charge is 2.17. The maximum atomic E-state index is 13.0. The molecule has 0 N–H and O–H groups in total. The van der Waals surface area contributed by atoms with Crippen LogP contribution in [0.1, 0.15) is 11.3 Å². The van der Waals surface area contributed by atoms with Crippen molar-refractivity contribution in [3.05, 3.63) is 87.9 Å². The van der Waals surface area contributed by atoms with Crippen LogP contribution in [-0.2, 0) is 0 Å². The third-order valence-electron chi connectivity index (χ3n) is 3.56. The third-order valence-corrected chi connectivity index (χ3v) is 3.56. The summed E-state index contributed by atoms with van der Waals surface area (Å²) in [6.45, 7) is 0. The lowest BCUT2D eigenvalue weighted by Gasteiger charge is -1.99. The summed E-state index contributed by atoms with van der Waals surface area (Å²) in [5.74, 6) is 0.307. The third kappa shape index (κ3) is 3.46. The van der Waals surface area contributed by atoms with Crippen molar-refractivity contribution in [2.24, 2.45) is 0 Å². The molecule has 5 nitrogen and oxygen atoms in total. The van der Waals surface area contributed by atoms with Crippen LogP contribution in [0.3, 0.4) is 0 Å². The summed E-state index contributed by atoms with van der Waals surface area (Å²) >= 11 is 0. The highest BCUT2D eigenvalue weighted by atomic mass is 19.1. The number of halogens is 1. The van der Waals surface area contributed by atoms with Crippen molar-refractivity contribution in [1.82, 2.24) is 0 Å². The Labute approximate surface area is 142 Å². The van der Waals surface area contributed by atoms with E-state index >= 15 is 0 Å². The number of rotatable bonds is 4. The zero-order chi connectivity index (χ0) is 17.8. The highest BCUT2D eigenvalue weighted by molar-refractivity contribution is 5.89. The number of nitriles is 1. The smallest absolute Gasteiger partial charge is 0.280 e. The van der Waals surface area contributed by atoms with Gasteiger partial charge in [0.2, 0.25) is 0 Å². The summed E-state index contributed by atoms with van der Waals surface area (Å²) in [6, 6.07) is 17.0. The second kappa shape index (κ2) is 6.81. The molecular formula is C19H11FN2O3. The molecule has 0 spiro atoms. The predicted octanol–water partition coefficient (Wildman–Crippen LogP) is 5.06. The number of nitro benzene ring substituents is 1. The van der Waals surface area contributed by atoms with Gasteiger partial charge in [-0.25, -0.2) is 4.39 Å². The molecule has 0 radical (unpaired) electrons. The zero-order valence-electron chi connectivity index (χ0n) is 12.8. The van der Waals surface area contributed by atoms with Gasteiger partial charge in [-0.15, -0.1) is 0 Å². The standard InChI is InChI=1S/C19H11FN2O3/c20-15-7-5-13(6-8-15)14(12-21)11-16-9-10-19(25-16)17-3-1-2-4-18(17)22(23)24/h1-11H. The molecule has 0 saturated heterocycles. The number of nitro groups is 1. The Morgan fingerprint density at radius 3 is 2.52 bits per heavy atom. The fraction of sp³-hybridized carbons (Fsp3) is 0. The number of nitrogens with zero attached hydrogens (tertiary/aromatic N) is 2. The molecule has 0 aliphatic carbocycles. The second-order valence-corrected chi connectivity index (χ2v) is 5.15. The SMILES string of the molecule is N#CC(=Cc1ccc(-c2ccccc2[N+](=O)[O-])o1)c1ccc(F)cc1. The van der Waals surface area contributed by atoms with Crippen LogP contribution in [0, 0.1) is 27.3 Å². The van der Waals surface area contributed by atoms with Gasteiger partial charge in [-0.2, -0.15) is 5.26 Å². The van der Waals surface area contributed by atoms with E-state index in [1.807, 2.05) is 6.07 Å². The number of benzene rings is 2. The first-order valence-corrected chi connectivity index (χ1v) is 7.30. The van der Waals surface area contributed by atoms with E-state index in [9.17, 15) is 19.8 Å². The van der Waals surface area contributed by atoms with E-state index in [1.165, 1.54) is 36.4 Å². The molecule has 0 fully saturated rings. The lowest BCUT2D eigenvalue weighted by molar-refractivity contribution is -0.384. The number of para-hydroxylation sites is 1. The maximum Gasteiger partial charge on any atom is 0.280 e. The van der Waals surface area contributed by atoms with Crippen LogP contribution in [0.2, 0.25) is 0 Å². The van der Waals surface area contributed by atoms with Gasteiger partial charge >= 0.3 is 0 Å². The first-order chi connectivity index (χ1) is 12.1. The Hall–Kier alpha value is -3.72. The van der Waals surface area contributed by atoms with Crippen molar-refractivity contribution in [3.8, 4) is 17.4 Å². The fourth-order valence-electron chi connectivity index (χ4n) is 2.37. The minimum Gasteiger partial charge on any atom is -0.456 e. The molecule has 3 aromatic rings. The summed E-state index contributed by atoms with van der Waals surface area (Å²) in [6.07, 6.45) is 1.51. The van der Waals surface area contributed by atoms with E-state index in [-0.39, 0.29) is 5.69 Å². The molecule has 0 unspecified atom stereocenters. The molecule has 25 heavy (non-hydrogen) atoms. The Morgan fingerprint density at radius 2 is 1.84 bits per heavy atom. The van der Waals surface area contributed by atoms with E-state index in [0.29, 0.717) is 28.2 Å². The number of allylic oxidation sites excluding steroid dienone is 1. The van der Waals surface area contributed by atoms with Gasteiger partial charge in [0.25, 0.3) is 5.69 Å². The molecule has 122 valence electrons. The molecule has 2 aromatic carbocycles. The molecule has 0 saturated carbocycles. The minimum absolute atomic E-state index is 0.0635. The van der Waals surface area contributed by atoms with Crippen molar-refractivity contribution < 1.29 is 13.7 Å². The van der Waals surface area contributed by atoms with Crippen LogP contribution in [-0.4, -0.2) is 4.92 Å². The molecule has 0 aliphatic rings. The van der Waals surface area contributed by atoms with Crippen LogP contribution in [0.25, 0.3) is 23.0 Å². The zero-order valence-corrected chi connectivity index (χ0v) is 12.8. The largest absolute Gasteiger partial charge is 0.456 e. The average Bonchev–Trinajstić information content (AvgIpc) is 3.09. The van der Waals surface area contributed by atoms with Crippen molar-refractivity contribution in [1.29, 1.82) is 5.26 Å². The van der Waals surface area contributed by atoms with Crippen molar-refractivity contribution in [2.45, 2.75) is 0 Å². The van der Waals surface area contributed by atoms with E-state index in [2.05, 4.69) is 0 Å². The highest BCUT2D eigenvalue weighted by Crippen LogP contribution is 2.31. The van der Waals surface area contributed by atoms with E-state index in [4.69, 9.17) is 4.42 Å². The van der Waals surface area contributed by atoms with Crippen molar-refractivity contribution in [2.75, 3.05) is 0 Å². The minimum atomic E-state index is -0.480. The lowest BCUT2D eigenvalue weighted by atomic mass is 10.1. The molecule has 3 rings (SSSR count). The number of furan rings is 1. The van der Waals surface area contributed by atoms with Gasteiger partial charge in [0, 0.05) is 6.07 Å². The van der Waals surface area contributed by atoms with E-state index < -0.39 is 10.7 Å². The van der Waals surface area contributed by atoms with Gasteiger partial charge in [-0.05, 0) is 42.0 Å². The molecule has 0 atom stereocenters. The Bertz CT molecular complexity index is 998. The average molecular weight is 334 g/mol. The molecule has 1 aromatic heterocycles. The van der Waals surface area contributed by atoms with E-state index in [1.54, 1.807) is 30.3 Å². The summed E-state index contributed by atoms with van der Waals surface area (Å²) in [5.41, 5.74) is 1.13. The summed E-state index contributed by atoms with van der Waals surface area (Å²) in [7, 11) is 0. The van der Waals surface area contributed by atoms with Crippen LogP contribution in [0.15, 0.2) is 65.1 Å². The summed E-state index contributed by atoms with van der Waals surface area (Å²) in [4.78, 5) is 10.6. The molecule has 0 amide bonds. The topological polar surface area (TPSA) is 80.1 Å². The van der Waals surface area contributed by atoms with Gasteiger partial charge < -0.3 is 4.42 Å². The monoisotopic (exact) mass is 334 g/mol. The van der Waals surface area contributed by atoms with Gasteiger partial charge in [-0.1, -0.05) is 24.3 Å². The Balaban J connectivity index is 1.98. The van der Waals surface area contributed by atoms with Crippen LogP contribution < -0.4 is 0 Å². The Morgan fingerprint density at radius 1 is 1.12 bits per heavy atom.